The van der Waals surface area contributed by atoms with Gasteiger partial charge in [0.2, 0.25) is 5.91 Å². The van der Waals surface area contributed by atoms with Crippen molar-refractivity contribution in [1.82, 2.24) is 9.80 Å². The van der Waals surface area contributed by atoms with Crippen LogP contribution in [0.2, 0.25) is 0 Å². The lowest BCUT2D eigenvalue weighted by molar-refractivity contribution is -0.132. The molecule has 5 nitrogen and oxygen atoms in total. The molecule has 6 heteroatoms. The lowest BCUT2D eigenvalue weighted by Gasteiger charge is -2.37. The average Bonchev–Trinajstić information content (AvgIpc) is 3.09. The van der Waals surface area contributed by atoms with Crippen molar-refractivity contribution in [2.75, 3.05) is 25.4 Å². The fourth-order valence-electron chi connectivity index (χ4n) is 3.69. The minimum Gasteiger partial charge on any atom is -0.447 e. The molecule has 2 aliphatic heterocycles. The molecule has 0 saturated carbocycles. The SMILES string of the molecule is CCC1COC(=O)N1C1CCN(C(=O)CCSC=Cc2ccccc2)CC1. The van der Waals surface area contributed by atoms with Crippen LogP contribution in [0, 0.1) is 0 Å². The van der Waals surface area contributed by atoms with E-state index in [0.717, 1.165) is 38.1 Å². The zero-order valence-corrected chi connectivity index (χ0v) is 16.7. The van der Waals surface area contributed by atoms with Crippen LogP contribution in [0.15, 0.2) is 35.7 Å². The fourth-order valence-corrected chi connectivity index (χ4v) is 4.37. The van der Waals surface area contributed by atoms with E-state index in [0.29, 0.717) is 13.0 Å². The molecule has 2 heterocycles. The van der Waals surface area contributed by atoms with E-state index in [1.165, 1.54) is 5.56 Å². The molecule has 146 valence electrons. The molecular formula is C21H28N2O3S. The van der Waals surface area contributed by atoms with Gasteiger partial charge in [0.15, 0.2) is 0 Å². The van der Waals surface area contributed by atoms with E-state index in [4.69, 9.17) is 4.74 Å². The lowest BCUT2D eigenvalue weighted by Crippen LogP contribution is -2.49. The van der Waals surface area contributed by atoms with Gasteiger partial charge < -0.3 is 9.64 Å². The Labute approximate surface area is 165 Å². The highest BCUT2D eigenvalue weighted by atomic mass is 32.2. The minimum atomic E-state index is -0.187. The van der Waals surface area contributed by atoms with Gasteiger partial charge in [-0.15, -0.1) is 11.8 Å². The second kappa shape index (κ2) is 9.83. The first-order valence-electron chi connectivity index (χ1n) is 9.75. The number of likely N-dealkylation sites (tertiary alicyclic amines) is 1. The van der Waals surface area contributed by atoms with Gasteiger partial charge in [0, 0.05) is 31.3 Å². The Hall–Kier alpha value is -1.95. The van der Waals surface area contributed by atoms with Crippen molar-refractivity contribution in [3.8, 4) is 0 Å². The van der Waals surface area contributed by atoms with Gasteiger partial charge in [-0.1, -0.05) is 37.3 Å². The Kier molecular flexibility index (Phi) is 7.21. The van der Waals surface area contributed by atoms with Gasteiger partial charge in [0.05, 0.1) is 6.04 Å². The lowest BCUT2D eigenvalue weighted by atomic mass is 10.0. The van der Waals surface area contributed by atoms with E-state index in [1.54, 1.807) is 11.8 Å². The zero-order valence-electron chi connectivity index (χ0n) is 15.9. The minimum absolute atomic E-state index is 0.187. The number of hydrogen-bond donors (Lipinski definition) is 0. The summed E-state index contributed by atoms with van der Waals surface area (Å²) in [6, 6.07) is 10.6. The molecule has 0 radical (unpaired) electrons. The topological polar surface area (TPSA) is 49.9 Å². The summed E-state index contributed by atoms with van der Waals surface area (Å²) in [5.74, 6) is 1.00. The maximum atomic E-state index is 12.4. The number of ether oxygens (including phenoxy) is 1. The van der Waals surface area contributed by atoms with Crippen LogP contribution in [0.1, 0.15) is 38.2 Å². The van der Waals surface area contributed by atoms with Crippen LogP contribution in [0.3, 0.4) is 0 Å². The van der Waals surface area contributed by atoms with Crippen molar-refractivity contribution in [1.29, 1.82) is 0 Å². The van der Waals surface area contributed by atoms with Gasteiger partial charge in [0.25, 0.3) is 0 Å². The Morgan fingerprint density at radius 1 is 1.26 bits per heavy atom. The summed E-state index contributed by atoms with van der Waals surface area (Å²) in [5.41, 5.74) is 1.17. The standard InChI is InChI=1S/C21H28N2O3S/c1-2-18-16-26-21(25)23(18)19-8-12-22(13-9-19)20(24)11-15-27-14-10-17-6-4-3-5-7-17/h3-7,10,14,18-19H,2,8-9,11-13,15-16H2,1H3. The predicted molar refractivity (Wildman–Crippen MR) is 109 cm³/mol. The highest BCUT2D eigenvalue weighted by Crippen LogP contribution is 2.25. The highest BCUT2D eigenvalue weighted by Gasteiger charge is 2.38. The van der Waals surface area contributed by atoms with E-state index in [9.17, 15) is 9.59 Å². The molecule has 1 unspecified atom stereocenters. The van der Waals surface area contributed by atoms with Crippen molar-refractivity contribution in [2.45, 2.75) is 44.7 Å². The molecule has 2 fully saturated rings. The summed E-state index contributed by atoms with van der Waals surface area (Å²) in [6.45, 7) is 4.05. The van der Waals surface area contributed by atoms with E-state index >= 15 is 0 Å². The third kappa shape index (κ3) is 5.28. The quantitative estimate of drug-likeness (QED) is 0.663. The molecule has 0 bridgehead atoms. The molecule has 1 aromatic carbocycles. The normalized spacial score (nSPS) is 21.1. The van der Waals surface area contributed by atoms with E-state index in [1.807, 2.05) is 28.0 Å². The molecule has 0 aliphatic carbocycles. The van der Waals surface area contributed by atoms with Crippen molar-refractivity contribution < 1.29 is 14.3 Å². The summed E-state index contributed by atoms with van der Waals surface area (Å²) in [7, 11) is 0. The number of hydrogen-bond acceptors (Lipinski definition) is 4. The largest absolute Gasteiger partial charge is 0.447 e. The number of rotatable bonds is 7. The van der Waals surface area contributed by atoms with Crippen molar-refractivity contribution in [3.63, 3.8) is 0 Å². The first-order valence-corrected chi connectivity index (χ1v) is 10.8. The summed E-state index contributed by atoms with van der Waals surface area (Å²) in [4.78, 5) is 28.3. The van der Waals surface area contributed by atoms with E-state index < -0.39 is 0 Å². The van der Waals surface area contributed by atoms with Crippen LogP contribution < -0.4 is 0 Å². The van der Waals surface area contributed by atoms with Crippen molar-refractivity contribution >= 4 is 29.8 Å². The van der Waals surface area contributed by atoms with Crippen LogP contribution in [-0.4, -0.2) is 59.3 Å². The Morgan fingerprint density at radius 2 is 2.00 bits per heavy atom. The fraction of sp³-hybridized carbons (Fsp3) is 0.524. The predicted octanol–water partition coefficient (Wildman–Crippen LogP) is 4.00. The monoisotopic (exact) mass is 388 g/mol. The van der Waals surface area contributed by atoms with Crippen LogP contribution >= 0.6 is 11.8 Å². The third-order valence-electron chi connectivity index (χ3n) is 5.28. The Morgan fingerprint density at radius 3 is 2.70 bits per heavy atom. The van der Waals surface area contributed by atoms with Crippen LogP contribution in [-0.2, 0) is 9.53 Å². The molecule has 0 N–H and O–H groups in total. The highest BCUT2D eigenvalue weighted by molar-refractivity contribution is 8.02. The van der Waals surface area contributed by atoms with E-state index in [-0.39, 0.29) is 24.1 Å². The first-order chi connectivity index (χ1) is 13.2. The van der Waals surface area contributed by atoms with Crippen molar-refractivity contribution in [3.05, 3.63) is 41.3 Å². The summed E-state index contributed by atoms with van der Waals surface area (Å²) in [6.07, 6.45) is 5.04. The first kappa shape index (κ1) is 19.8. The maximum absolute atomic E-state index is 12.4. The third-order valence-corrected chi connectivity index (χ3v) is 6.04. The van der Waals surface area contributed by atoms with Gasteiger partial charge in [-0.2, -0.15) is 0 Å². The number of cyclic esters (lactones) is 1. The number of piperidine rings is 1. The Bertz CT molecular complexity index is 657. The summed E-state index contributed by atoms with van der Waals surface area (Å²) in [5, 5.41) is 2.05. The maximum Gasteiger partial charge on any atom is 0.410 e. The summed E-state index contributed by atoms with van der Waals surface area (Å²) < 4.78 is 5.20. The number of thioether (sulfide) groups is 1. The Balaban J connectivity index is 1.37. The molecule has 2 amide bonds. The summed E-state index contributed by atoms with van der Waals surface area (Å²) >= 11 is 1.67. The van der Waals surface area contributed by atoms with Crippen LogP contribution in [0.4, 0.5) is 4.79 Å². The van der Waals surface area contributed by atoms with E-state index in [2.05, 4.69) is 30.5 Å². The average molecular weight is 389 g/mol. The number of amides is 2. The second-order valence-electron chi connectivity index (χ2n) is 6.99. The van der Waals surface area contributed by atoms with Gasteiger partial charge in [-0.25, -0.2) is 4.79 Å². The van der Waals surface area contributed by atoms with Crippen LogP contribution in [0.5, 0.6) is 0 Å². The second-order valence-corrected chi connectivity index (χ2v) is 8.01. The number of nitrogens with zero attached hydrogens (tertiary/aromatic N) is 2. The number of carbonyl (C=O) groups is 2. The molecule has 3 rings (SSSR count). The molecule has 1 atom stereocenters. The molecule has 27 heavy (non-hydrogen) atoms. The number of carbonyl (C=O) groups excluding carboxylic acids is 2. The van der Waals surface area contributed by atoms with Gasteiger partial charge in [-0.3, -0.25) is 9.69 Å². The van der Waals surface area contributed by atoms with Gasteiger partial charge in [0.1, 0.15) is 6.61 Å². The smallest absolute Gasteiger partial charge is 0.410 e. The molecule has 1 aromatic rings. The van der Waals surface area contributed by atoms with Crippen molar-refractivity contribution in [2.24, 2.45) is 0 Å². The molecule has 2 saturated heterocycles. The molecule has 2 aliphatic rings. The molecular weight excluding hydrogens is 360 g/mol. The van der Waals surface area contributed by atoms with Crippen LogP contribution in [0.25, 0.3) is 6.08 Å². The van der Waals surface area contributed by atoms with Gasteiger partial charge >= 0.3 is 6.09 Å². The molecule has 0 aromatic heterocycles. The zero-order chi connectivity index (χ0) is 19.1. The number of benzene rings is 1. The molecule has 0 spiro atoms. The van der Waals surface area contributed by atoms with Gasteiger partial charge in [-0.05, 0) is 36.3 Å².